The zero-order chi connectivity index (χ0) is 17.6. The summed E-state index contributed by atoms with van der Waals surface area (Å²) in [7, 11) is 0. The monoisotopic (exact) mass is 354 g/mol. The van der Waals surface area contributed by atoms with Gasteiger partial charge in [0.1, 0.15) is 0 Å². The van der Waals surface area contributed by atoms with Crippen molar-refractivity contribution in [2.75, 3.05) is 24.2 Å². The Labute approximate surface area is 152 Å². The maximum absolute atomic E-state index is 12.4. The van der Waals surface area contributed by atoms with Crippen LogP contribution in [0.5, 0.6) is 0 Å². The molecule has 1 N–H and O–H groups in total. The summed E-state index contributed by atoms with van der Waals surface area (Å²) in [4.78, 5) is 27.5. The van der Waals surface area contributed by atoms with Crippen LogP contribution in [0.4, 0.5) is 5.69 Å². The van der Waals surface area contributed by atoms with E-state index in [0.29, 0.717) is 17.0 Å². The largest absolute Gasteiger partial charge is 0.339 e. The van der Waals surface area contributed by atoms with Crippen LogP contribution in [0.1, 0.15) is 28.8 Å². The fourth-order valence-electron chi connectivity index (χ4n) is 2.81. The van der Waals surface area contributed by atoms with Gasteiger partial charge < -0.3 is 10.2 Å². The Kier molecular flexibility index (Phi) is 5.76. The van der Waals surface area contributed by atoms with Gasteiger partial charge in [0, 0.05) is 29.2 Å². The van der Waals surface area contributed by atoms with Gasteiger partial charge in [-0.1, -0.05) is 23.8 Å². The predicted octanol–water partition coefficient (Wildman–Crippen LogP) is 3.96. The van der Waals surface area contributed by atoms with Crippen LogP contribution < -0.4 is 5.32 Å². The van der Waals surface area contributed by atoms with Crippen molar-refractivity contribution in [1.29, 1.82) is 0 Å². The molecule has 0 atom stereocenters. The van der Waals surface area contributed by atoms with Crippen LogP contribution in [0.15, 0.2) is 53.4 Å². The number of anilines is 1. The van der Waals surface area contributed by atoms with E-state index in [2.05, 4.69) is 5.32 Å². The van der Waals surface area contributed by atoms with Crippen molar-refractivity contribution >= 4 is 29.3 Å². The lowest BCUT2D eigenvalue weighted by Gasteiger charge is -2.15. The summed E-state index contributed by atoms with van der Waals surface area (Å²) in [5.41, 5.74) is 2.50. The molecule has 1 aliphatic heterocycles. The molecule has 1 aliphatic rings. The van der Waals surface area contributed by atoms with Crippen LogP contribution in [0, 0.1) is 6.92 Å². The minimum atomic E-state index is -0.0728. The van der Waals surface area contributed by atoms with Crippen LogP contribution in [0.25, 0.3) is 0 Å². The molecule has 3 rings (SSSR count). The summed E-state index contributed by atoms with van der Waals surface area (Å²) < 4.78 is 0. The molecule has 2 amide bonds. The molecule has 0 spiro atoms. The van der Waals surface area contributed by atoms with Crippen LogP contribution in [0.3, 0.4) is 0 Å². The van der Waals surface area contributed by atoms with Crippen molar-refractivity contribution < 1.29 is 9.59 Å². The van der Waals surface area contributed by atoms with E-state index in [1.165, 1.54) is 17.3 Å². The van der Waals surface area contributed by atoms with Crippen LogP contribution in [0.2, 0.25) is 0 Å². The number of amides is 2. The number of carbonyl (C=O) groups is 2. The molecule has 0 unspecified atom stereocenters. The Morgan fingerprint density at radius 1 is 1.08 bits per heavy atom. The van der Waals surface area contributed by atoms with Crippen molar-refractivity contribution in [2.24, 2.45) is 0 Å². The Morgan fingerprint density at radius 3 is 2.52 bits per heavy atom. The summed E-state index contributed by atoms with van der Waals surface area (Å²) in [6, 6.07) is 15.3. The van der Waals surface area contributed by atoms with Gasteiger partial charge in [0.15, 0.2) is 0 Å². The molecular formula is C20H22N2O2S. The second-order valence-corrected chi connectivity index (χ2v) is 7.28. The third kappa shape index (κ3) is 4.86. The lowest BCUT2D eigenvalue weighted by atomic mass is 10.1. The molecule has 25 heavy (non-hydrogen) atoms. The first kappa shape index (κ1) is 17.5. The average Bonchev–Trinajstić information content (AvgIpc) is 3.15. The second kappa shape index (κ2) is 8.21. The molecule has 0 aliphatic carbocycles. The normalized spacial score (nSPS) is 13.7. The first-order valence-electron chi connectivity index (χ1n) is 8.50. The third-order valence-electron chi connectivity index (χ3n) is 4.18. The first-order valence-corrected chi connectivity index (χ1v) is 9.49. The third-order valence-corrected chi connectivity index (χ3v) is 5.19. The van der Waals surface area contributed by atoms with Gasteiger partial charge in [0.25, 0.3) is 5.91 Å². The number of rotatable bonds is 5. The SMILES string of the molecule is Cc1ccc(SCC(=O)Nc2cccc(C(=O)N3CCCC3)c2)cc1. The standard InChI is InChI=1S/C20H22N2O2S/c1-15-7-9-18(10-8-15)25-14-19(23)21-17-6-4-5-16(13-17)20(24)22-11-2-3-12-22/h4-10,13H,2-3,11-12,14H2,1H3,(H,21,23). The van der Waals surface area contributed by atoms with E-state index < -0.39 is 0 Å². The second-order valence-electron chi connectivity index (χ2n) is 6.23. The van der Waals surface area contributed by atoms with Gasteiger partial charge in [0.2, 0.25) is 5.91 Å². The maximum Gasteiger partial charge on any atom is 0.253 e. The molecule has 1 fully saturated rings. The molecule has 130 valence electrons. The zero-order valence-electron chi connectivity index (χ0n) is 14.3. The minimum absolute atomic E-state index is 0.0441. The predicted molar refractivity (Wildman–Crippen MR) is 102 cm³/mol. The topological polar surface area (TPSA) is 49.4 Å². The number of nitrogens with one attached hydrogen (secondary N) is 1. The number of benzene rings is 2. The summed E-state index contributed by atoms with van der Waals surface area (Å²) in [6.45, 7) is 3.68. The number of hydrogen-bond donors (Lipinski definition) is 1. The Balaban J connectivity index is 1.56. The Morgan fingerprint density at radius 2 is 1.80 bits per heavy atom. The highest BCUT2D eigenvalue weighted by molar-refractivity contribution is 8.00. The lowest BCUT2D eigenvalue weighted by Crippen LogP contribution is -2.27. The summed E-state index contributed by atoms with van der Waals surface area (Å²) in [6.07, 6.45) is 2.14. The highest BCUT2D eigenvalue weighted by Crippen LogP contribution is 2.20. The Bertz CT molecular complexity index is 753. The van der Waals surface area contributed by atoms with Gasteiger partial charge in [-0.15, -0.1) is 11.8 Å². The number of aryl methyl sites for hydroxylation is 1. The van der Waals surface area contributed by atoms with Gasteiger partial charge in [-0.2, -0.15) is 0 Å². The molecule has 0 saturated carbocycles. The van der Waals surface area contributed by atoms with Crippen molar-refractivity contribution in [2.45, 2.75) is 24.7 Å². The van der Waals surface area contributed by atoms with Crippen LogP contribution in [-0.2, 0) is 4.79 Å². The summed E-state index contributed by atoms with van der Waals surface area (Å²) >= 11 is 1.50. The van der Waals surface area contributed by atoms with E-state index in [1.54, 1.807) is 12.1 Å². The minimum Gasteiger partial charge on any atom is -0.339 e. The highest BCUT2D eigenvalue weighted by Gasteiger charge is 2.19. The van der Waals surface area contributed by atoms with Gasteiger partial charge in [-0.05, 0) is 50.1 Å². The van der Waals surface area contributed by atoms with E-state index in [9.17, 15) is 9.59 Å². The fourth-order valence-corrected chi connectivity index (χ4v) is 3.51. The Hall–Kier alpha value is -2.27. The van der Waals surface area contributed by atoms with Crippen molar-refractivity contribution in [1.82, 2.24) is 4.90 Å². The molecule has 2 aromatic carbocycles. The number of likely N-dealkylation sites (tertiary alicyclic amines) is 1. The van der Waals surface area contributed by atoms with E-state index >= 15 is 0 Å². The summed E-state index contributed by atoms with van der Waals surface area (Å²) in [5, 5.41) is 2.88. The molecule has 0 bridgehead atoms. The van der Waals surface area contributed by atoms with E-state index in [0.717, 1.165) is 30.8 Å². The van der Waals surface area contributed by atoms with Crippen molar-refractivity contribution in [3.05, 3.63) is 59.7 Å². The molecule has 1 heterocycles. The van der Waals surface area contributed by atoms with E-state index in [1.807, 2.05) is 48.2 Å². The molecular weight excluding hydrogens is 332 g/mol. The zero-order valence-corrected chi connectivity index (χ0v) is 15.1. The van der Waals surface area contributed by atoms with Gasteiger partial charge in [-0.3, -0.25) is 9.59 Å². The fraction of sp³-hybridized carbons (Fsp3) is 0.300. The summed E-state index contributed by atoms with van der Waals surface area (Å²) in [5.74, 6) is 0.312. The van der Waals surface area contributed by atoms with Gasteiger partial charge >= 0.3 is 0 Å². The van der Waals surface area contributed by atoms with Crippen molar-refractivity contribution in [3.63, 3.8) is 0 Å². The molecule has 1 saturated heterocycles. The number of hydrogen-bond acceptors (Lipinski definition) is 3. The molecule has 4 nitrogen and oxygen atoms in total. The van der Waals surface area contributed by atoms with Gasteiger partial charge in [0.05, 0.1) is 5.75 Å². The highest BCUT2D eigenvalue weighted by atomic mass is 32.2. The smallest absolute Gasteiger partial charge is 0.253 e. The van der Waals surface area contributed by atoms with Crippen molar-refractivity contribution in [3.8, 4) is 0 Å². The van der Waals surface area contributed by atoms with Crippen LogP contribution >= 0.6 is 11.8 Å². The van der Waals surface area contributed by atoms with Crippen LogP contribution in [-0.4, -0.2) is 35.6 Å². The molecule has 0 radical (unpaired) electrons. The van der Waals surface area contributed by atoms with E-state index in [4.69, 9.17) is 0 Å². The number of carbonyl (C=O) groups excluding carboxylic acids is 2. The molecule has 5 heteroatoms. The first-order chi connectivity index (χ1) is 12.1. The van der Waals surface area contributed by atoms with Gasteiger partial charge in [-0.25, -0.2) is 0 Å². The van der Waals surface area contributed by atoms with E-state index in [-0.39, 0.29) is 11.8 Å². The maximum atomic E-state index is 12.4. The number of nitrogens with zero attached hydrogens (tertiary/aromatic N) is 1. The average molecular weight is 354 g/mol. The molecule has 2 aromatic rings. The molecule has 0 aromatic heterocycles. The number of thioether (sulfide) groups is 1. The quantitative estimate of drug-likeness (QED) is 0.827. The lowest BCUT2D eigenvalue weighted by molar-refractivity contribution is -0.113.